The third kappa shape index (κ3) is 3.23. The van der Waals surface area contributed by atoms with Crippen LogP contribution in [0.25, 0.3) is 22.2 Å². The summed E-state index contributed by atoms with van der Waals surface area (Å²) in [5.41, 5.74) is 4.20. The number of benzene rings is 2. The molecule has 0 aliphatic rings. The highest BCUT2D eigenvalue weighted by Gasteiger charge is 2.07. The maximum atomic E-state index is 5.98. The zero-order valence-electron chi connectivity index (χ0n) is 12.6. The van der Waals surface area contributed by atoms with E-state index in [4.69, 9.17) is 16.6 Å². The van der Waals surface area contributed by atoms with E-state index in [1.165, 1.54) is 6.42 Å². The van der Waals surface area contributed by atoms with E-state index < -0.39 is 0 Å². The van der Waals surface area contributed by atoms with Gasteiger partial charge in [0.25, 0.3) is 0 Å². The van der Waals surface area contributed by atoms with Crippen molar-refractivity contribution in [3.05, 3.63) is 59.6 Å². The SMILES string of the molecule is CCCCNc1cc(-c2ccc(Cl)cc2)nc2ccccc12. The monoisotopic (exact) mass is 310 g/mol. The van der Waals surface area contributed by atoms with Gasteiger partial charge in [-0.3, -0.25) is 0 Å². The predicted octanol–water partition coefficient (Wildman–Crippen LogP) is 5.77. The molecule has 0 saturated carbocycles. The number of hydrogen-bond donors (Lipinski definition) is 1. The van der Waals surface area contributed by atoms with Crippen molar-refractivity contribution in [3.8, 4) is 11.3 Å². The van der Waals surface area contributed by atoms with Crippen molar-refractivity contribution in [2.45, 2.75) is 19.8 Å². The van der Waals surface area contributed by atoms with Gasteiger partial charge in [0.15, 0.2) is 0 Å². The summed E-state index contributed by atoms with van der Waals surface area (Å²) in [6.45, 7) is 3.18. The van der Waals surface area contributed by atoms with Crippen LogP contribution in [-0.4, -0.2) is 11.5 Å². The zero-order valence-corrected chi connectivity index (χ0v) is 13.4. The van der Waals surface area contributed by atoms with Gasteiger partial charge < -0.3 is 5.32 Å². The zero-order chi connectivity index (χ0) is 15.4. The van der Waals surface area contributed by atoms with Crippen LogP contribution in [-0.2, 0) is 0 Å². The van der Waals surface area contributed by atoms with Gasteiger partial charge in [0.05, 0.1) is 11.2 Å². The first kappa shape index (κ1) is 14.9. The molecule has 3 aromatic rings. The number of pyridine rings is 1. The van der Waals surface area contributed by atoms with E-state index in [0.717, 1.165) is 45.8 Å². The molecule has 0 fully saturated rings. The lowest BCUT2D eigenvalue weighted by Gasteiger charge is -2.12. The van der Waals surface area contributed by atoms with Crippen LogP contribution in [0.15, 0.2) is 54.6 Å². The van der Waals surface area contributed by atoms with Gasteiger partial charge in [0, 0.05) is 28.2 Å². The van der Waals surface area contributed by atoms with Gasteiger partial charge in [-0.05, 0) is 30.7 Å². The topological polar surface area (TPSA) is 24.9 Å². The molecule has 0 atom stereocenters. The van der Waals surface area contributed by atoms with Crippen LogP contribution in [0.5, 0.6) is 0 Å². The number of unbranched alkanes of at least 4 members (excludes halogenated alkanes) is 1. The van der Waals surface area contributed by atoms with Crippen molar-refractivity contribution < 1.29 is 0 Å². The summed E-state index contributed by atoms with van der Waals surface area (Å²) in [6, 6.07) is 18.2. The second-order valence-electron chi connectivity index (χ2n) is 5.36. The number of nitrogens with zero attached hydrogens (tertiary/aromatic N) is 1. The summed E-state index contributed by atoms with van der Waals surface area (Å²) in [5.74, 6) is 0. The number of halogens is 1. The number of anilines is 1. The smallest absolute Gasteiger partial charge is 0.0730 e. The molecule has 2 aromatic carbocycles. The minimum absolute atomic E-state index is 0.742. The highest BCUT2D eigenvalue weighted by atomic mass is 35.5. The van der Waals surface area contributed by atoms with Crippen molar-refractivity contribution in [3.63, 3.8) is 0 Å². The van der Waals surface area contributed by atoms with Gasteiger partial charge >= 0.3 is 0 Å². The van der Waals surface area contributed by atoms with Crippen LogP contribution < -0.4 is 5.32 Å². The number of nitrogens with one attached hydrogen (secondary N) is 1. The molecule has 0 amide bonds. The summed E-state index contributed by atoms with van der Waals surface area (Å²) in [7, 11) is 0. The van der Waals surface area contributed by atoms with Crippen LogP contribution in [0.2, 0.25) is 5.02 Å². The highest BCUT2D eigenvalue weighted by molar-refractivity contribution is 6.30. The number of para-hydroxylation sites is 1. The van der Waals surface area contributed by atoms with E-state index in [2.05, 4.69) is 36.5 Å². The summed E-state index contributed by atoms with van der Waals surface area (Å²) in [6.07, 6.45) is 2.34. The predicted molar refractivity (Wildman–Crippen MR) is 95.6 cm³/mol. The van der Waals surface area contributed by atoms with E-state index in [9.17, 15) is 0 Å². The lowest BCUT2D eigenvalue weighted by molar-refractivity contribution is 0.835. The first-order valence-electron chi connectivity index (χ1n) is 7.67. The first-order valence-corrected chi connectivity index (χ1v) is 8.05. The van der Waals surface area contributed by atoms with E-state index in [1.807, 2.05) is 30.3 Å². The molecule has 0 unspecified atom stereocenters. The minimum atomic E-state index is 0.742. The molecule has 22 heavy (non-hydrogen) atoms. The molecule has 0 bridgehead atoms. The fourth-order valence-corrected chi connectivity index (χ4v) is 2.62. The Labute approximate surface area is 136 Å². The summed E-state index contributed by atoms with van der Waals surface area (Å²) in [4.78, 5) is 4.78. The molecule has 3 rings (SSSR count). The molecule has 1 N–H and O–H groups in total. The molecule has 0 spiro atoms. The Balaban J connectivity index is 2.05. The average molecular weight is 311 g/mol. The van der Waals surface area contributed by atoms with E-state index in [0.29, 0.717) is 0 Å². The Morgan fingerprint density at radius 1 is 1.05 bits per heavy atom. The quantitative estimate of drug-likeness (QED) is 0.605. The molecular weight excluding hydrogens is 292 g/mol. The third-order valence-corrected chi connectivity index (χ3v) is 3.95. The lowest BCUT2D eigenvalue weighted by atomic mass is 10.1. The molecule has 0 saturated heterocycles. The van der Waals surface area contributed by atoms with Crippen molar-refractivity contribution in [2.24, 2.45) is 0 Å². The Hall–Kier alpha value is -2.06. The van der Waals surface area contributed by atoms with Crippen LogP contribution in [0.4, 0.5) is 5.69 Å². The second-order valence-corrected chi connectivity index (χ2v) is 5.80. The standard InChI is InChI=1S/C19H19ClN2/c1-2-3-12-21-19-13-18(14-8-10-15(20)11-9-14)22-17-7-5-4-6-16(17)19/h4-11,13H,2-3,12H2,1H3,(H,21,22). The van der Waals surface area contributed by atoms with Gasteiger partial charge in [-0.1, -0.05) is 55.3 Å². The Bertz CT molecular complexity index is 766. The normalized spacial score (nSPS) is 10.8. The van der Waals surface area contributed by atoms with E-state index >= 15 is 0 Å². The minimum Gasteiger partial charge on any atom is -0.384 e. The van der Waals surface area contributed by atoms with Gasteiger partial charge in [-0.2, -0.15) is 0 Å². The van der Waals surface area contributed by atoms with Crippen molar-refractivity contribution in [2.75, 3.05) is 11.9 Å². The molecule has 0 aliphatic heterocycles. The highest BCUT2D eigenvalue weighted by Crippen LogP contribution is 2.28. The van der Waals surface area contributed by atoms with Crippen molar-refractivity contribution >= 4 is 28.2 Å². The number of rotatable bonds is 5. The van der Waals surface area contributed by atoms with Crippen molar-refractivity contribution in [1.29, 1.82) is 0 Å². The van der Waals surface area contributed by atoms with Gasteiger partial charge in [-0.25, -0.2) is 4.98 Å². The number of fused-ring (bicyclic) bond motifs is 1. The molecule has 0 aliphatic carbocycles. The molecule has 112 valence electrons. The van der Waals surface area contributed by atoms with E-state index in [-0.39, 0.29) is 0 Å². The third-order valence-electron chi connectivity index (χ3n) is 3.70. The Morgan fingerprint density at radius 3 is 2.59 bits per heavy atom. The summed E-state index contributed by atoms with van der Waals surface area (Å²) >= 11 is 5.98. The Kier molecular flexibility index (Phi) is 4.59. The Morgan fingerprint density at radius 2 is 1.82 bits per heavy atom. The van der Waals surface area contributed by atoms with Gasteiger partial charge in [0.2, 0.25) is 0 Å². The fraction of sp³-hybridized carbons (Fsp3) is 0.211. The lowest BCUT2D eigenvalue weighted by Crippen LogP contribution is -2.02. The maximum Gasteiger partial charge on any atom is 0.0730 e. The molecule has 3 heteroatoms. The van der Waals surface area contributed by atoms with Crippen LogP contribution in [0, 0.1) is 0 Å². The number of hydrogen-bond acceptors (Lipinski definition) is 2. The molecule has 1 heterocycles. The first-order chi connectivity index (χ1) is 10.8. The summed E-state index contributed by atoms with van der Waals surface area (Å²) < 4.78 is 0. The van der Waals surface area contributed by atoms with Gasteiger partial charge in [-0.15, -0.1) is 0 Å². The van der Waals surface area contributed by atoms with Crippen molar-refractivity contribution in [1.82, 2.24) is 4.98 Å². The van der Waals surface area contributed by atoms with Crippen LogP contribution in [0.1, 0.15) is 19.8 Å². The molecular formula is C19H19ClN2. The maximum absolute atomic E-state index is 5.98. The number of aromatic nitrogens is 1. The summed E-state index contributed by atoms with van der Waals surface area (Å²) in [5, 5.41) is 5.45. The molecule has 0 radical (unpaired) electrons. The molecule has 1 aromatic heterocycles. The van der Waals surface area contributed by atoms with Gasteiger partial charge in [0.1, 0.15) is 0 Å². The molecule has 2 nitrogen and oxygen atoms in total. The largest absolute Gasteiger partial charge is 0.384 e. The van der Waals surface area contributed by atoms with Crippen LogP contribution >= 0.6 is 11.6 Å². The van der Waals surface area contributed by atoms with Crippen LogP contribution in [0.3, 0.4) is 0 Å². The average Bonchev–Trinajstić information content (AvgIpc) is 2.55. The van der Waals surface area contributed by atoms with E-state index in [1.54, 1.807) is 0 Å². The fourth-order valence-electron chi connectivity index (χ4n) is 2.49. The second kappa shape index (κ2) is 6.80.